The van der Waals surface area contributed by atoms with Crippen molar-refractivity contribution >= 4 is 23.6 Å². The first kappa shape index (κ1) is 29.2. The first-order valence-corrected chi connectivity index (χ1v) is 12.4. The van der Waals surface area contributed by atoms with E-state index in [4.69, 9.17) is 11.5 Å². The first-order chi connectivity index (χ1) is 17.1. The van der Waals surface area contributed by atoms with Crippen molar-refractivity contribution in [3.8, 4) is 0 Å². The molecule has 1 aliphatic rings. The van der Waals surface area contributed by atoms with Crippen molar-refractivity contribution in [1.29, 1.82) is 0 Å². The molecule has 1 aromatic rings. The van der Waals surface area contributed by atoms with Crippen LogP contribution in [0.4, 0.5) is 8.78 Å². The van der Waals surface area contributed by atoms with Crippen molar-refractivity contribution in [3.05, 3.63) is 35.9 Å². The highest BCUT2D eigenvalue weighted by molar-refractivity contribution is 5.96. The Bertz CT molecular complexity index is 908. The Morgan fingerprint density at radius 3 is 2.56 bits per heavy atom. The molecule has 2 rings (SSSR count). The summed E-state index contributed by atoms with van der Waals surface area (Å²) >= 11 is 0. The summed E-state index contributed by atoms with van der Waals surface area (Å²) in [4.78, 5) is 44.4. The SMILES string of the molecule is CCCC(F)(F)C(=O)[14C@@H](CCCN=C(N)N)NC(=O)[C@@H]1CCCN1C(=O)[C@@H](Cc1ccccc1)NC. The molecule has 1 saturated heterocycles. The molecule has 200 valence electrons. The van der Waals surface area contributed by atoms with Crippen molar-refractivity contribution in [1.82, 2.24) is 15.5 Å². The van der Waals surface area contributed by atoms with Crippen molar-refractivity contribution in [2.24, 2.45) is 16.5 Å². The molecule has 0 unspecified atom stereocenters. The zero-order valence-electron chi connectivity index (χ0n) is 21.0. The van der Waals surface area contributed by atoms with Gasteiger partial charge in [-0.2, -0.15) is 8.78 Å². The Labute approximate surface area is 211 Å². The fourth-order valence-electron chi connectivity index (χ4n) is 4.40. The van der Waals surface area contributed by atoms with Gasteiger partial charge in [0.25, 0.3) is 0 Å². The van der Waals surface area contributed by atoms with Gasteiger partial charge in [-0.05, 0) is 51.1 Å². The summed E-state index contributed by atoms with van der Waals surface area (Å²) in [7, 11) is 1.68. The largest absolute Gasteiger partial charge is 0.370 e. The number of aliphatic imine (C=N–C) groups is 1. The Kier molecular flexibility index (Phi) is 11.2. The van der Waals surface area contributed by atoms with Crippen LogP contribution in [0.3, 0.4) is 0 Å². The van der Waals surface area contributed by atoms with Gasteiger partial charge in [0.1, 0.15) is 6.04 Å². The van der Waals surface area contributed by atoms with E-state index >= 15 is 0 Å². The monoisotopic (exact) mass is 510 g/mol. The molecule has 0 saturated carbocycles. The lowest BCUT2D eigenvalue weighted by Gasteiger charge is -2.30. The summed E-state index contributed by atoms with van der Waals surface area (Å²) in [5.41, 5.74) is 11.6. The zero-order valence-corrected chi connectivity index (χ0v) is 21.0. The molecule has 1 fully saturated rings. The van der Waals surface area contributed by atoms with Gasteiger partial charge in [-0.25, -0.2) is 0 Å². The quantitative estimate of drug-likeness (QED) is 0.169. The Hall–Kier alpha value is -3.08. The highest BCUT2D eigenvalue weighted by Gasteiger charge is 2.44. The summed E-state index contributed by atoms with van der Waals surface area (Å²) in [5.74, 6) is -5.90. The third-order valence-electron chi connectivity index (χ3n) is 6.27. The molecule has 1 aliphatic heterocycles. The average Bonchev–Trinajstić information content (AvgIpc) is 3.34. The number of halogens is 2. The maximum Gasteiger partial charge on any atom is 0.307 e. The predicted molar refractivity (Wildman–Crippen MR) is 134 cm³/mol. The van der Waals surface area contributed by atoms with E-state index in [0.717, 1.165) is 5.56 Å². The molecular weight excluding hydrogens is 472 g/mol. The van der Waals surface area contributed by atoms with Gasteiger partial charge in [-0.3, -0.25) is 19.4 Å². The third kappa shape index (κ3) is 8.25. The standard InChI is InChI=1S/C25H38F2N6O3/c1-3-13-25(26,27)21(34)18(11-7-14-31-24(28)29)32-22(35)20-12-8-15-33(20)23(36)19(30-2)16-17-9-5-4-6-10-17/h4-6,9-10,18-20,30H,3,7-8,11-16H2,1-2H3,(H,32,35)(H4,28,29,31)/t18-,19-,20+/m1/s1/i18+2. The second kappa shape index (κ2) is 13.9. The molecule has 0 radical (unpaired) electrons. The lowest BCUT2D eigenvalue weighted by molar-refractivity contribution is -0.149. The minimum Gasteiger partial charge on any atom is -0.370 e. The summed E-state index contributed by atoms with van der Waals surface area (Å²) in [5, 5.41) is 5.52. The number of ketones is 1. The van der Waals surface area contributed by atoms with E-state index in [9.17, 15) is 23.2 Å². The van der Waals surface area contributed by atoms with Crippen LogP contribution in [0, 0.1) is 0 Å². The van der Waals surface area contributed by atoms with Crippen molar-refractivity contribution in [3.63, 3.8) is 0 Å². The van der Waals surface area contributed by atoms with Crippen LogP contribution in [-0.2, 0) is 20.8 Å². The van der Waals surface area contributed by atoms with E-state index in [0.29, 0.717) is 25.8 Å². The molecular formula is C25H38F2N6O3. The first-order valence-electron chi connectivity index (χ1n) is 12.4. The van der Waals surface area contributed by atoms with Crippen LogP contribution in [0.5, 0.6) is 0 Å². The molecule has 11 heteroatoms. The van der Waals surface area contributed by atoms with Crippen molar-refractivity contribution < 1.29 is 23.2 Å². The van der Waals surface area contributed by atoms with Crippen molar-refractivity contribution in [2.45, 2.75) is 75.9 Å². The lowest BCUT2D eigenvalue weighted by atomic mass is 10.0. The highest BCUT2D eigenvalue weighted by atomic mass is 19.3. The van der Waals surface area contributed by atoms with E-state index in [-0.39, 0.29) is 37.7 Å². The van der Waals surface area contributed by atoms with Crippen molar-refractivity contribution in [2.75, 3.05) is 20.1 Å². The van der Waals surface area contributed by atoms with Gasteiger partial charge >= 0.3 is 5.92 Å². The van der Waals surface area contributed by atoms with Gasteiger partial charge in [0.2, 0.25) is 17.6 Å². The minimum absolute atomic E-state index is 0.0472. The second-order valence-electron chi connectivity index (χ2n) is 9.05. The van der Waals surface area contributed by atoms with Crippen LogP contribution in [0.1, 0.15) is 51.0 Å². The zero-order chi connectivity index (χ0) is 26.7. The fraction of sp³-hybridized carbons (Fsp3) is 0.600. The van der Waals surface area contributed by atoms with E-state index in [2.05, 4.69) is 15.6 Å². The smallest absolute Gasteiger partial charge is 0.307 e. The maximum absolute atomic E-state index is 14.5. The minimum atomic E-state index is -3.57. The number of amides is 2. The number of nitrogens with two attached hydrogens (primary N) is 2. The molecule has 9 nitrogen and oxygen atoms in total. The molecule has 0 bridgehead atoms. The number of likely N-dealkylation sites (N-methyl/N-ethyl adjacent to an activating group) is 1. The summed E-state index contributed by atoms with van der Waals surface area (Å²) in [6.07, 6.45) is 1.11. The van der Waals surface area contributed by atoms with Crippen LogP contribution in [0.15, 0.2) is 35.3 Å². The Balaban J connectivity index is 2.13. The van der Waals surface area contributed by atoms with E-state index in [1.165, 1.54) is 4.90 Å². The van der Waals surface area contributed by atoms with E-state index in [1.54, 1.807) is 14.0 Å². The predicted octanol–water partition coefficient (Wildman–Crippen LogP) is 1.35. The van der Waals surface area contributed by atoms with Crippen LogP contribution >= 0.6 is 0 Å². The van der Waals surface area contributed by atoms with Gasteiger partial charge in [-0.1, -0.05) is 37.3 Å². The number of guanidine groups is 1. The summed E-state index contributed by atoms with van der Waals surface area (Å²) < 4.78 is 28.9. The molecule has 0 aromatic heterocycles. The summed E-state index contributed by atoms with van der Waals surface area (Å²) in [6, 6.07) is 6.70. The maximum atomic E-state index is 14.5. The molecule has 3 atom stereocenters. The molecule has 0 aliphatic carbocycles. The number of benzene rings is 1. The topological polar surface area (TPSA) is 143 Å². The molecule has 2 amide bonds. The van der Waals surface area contributed by atoms with Gasteiger partial charge in [0.15, 0.2) is 5.96 Å². The summed E-state index contributed by atoms with van der Waals surface area (Å²) in [6.45, 7) is 2.07. The number of hydrogen-bond acceptors (Lipinski definition) is 5. The third-order valence-corrected chi connectivity index (χ3v) is 6.27. The number of carbonyl (C=O) groups is 3. The number of carbonyl (C=O) groups excluding carboxylic acids is 3. The normalized spacial score (nSPS) is 17.3. The van der Waals surface area contributed by atoms with Crippen LogP contribution in [0.2, 0.25) is 0 Å². The van der Waals surface area contributed by atoms with Crippen LogP contribution in [-0.4, -0.2) is 72.6 Å². The Morgan fingerprint density at radius 1 is 1.25 bits per heavy atom. The molecule has 6 N–H and O–H groups in total. The average molecular weight is 511 g/mol. The fourth-order valence-corrected chi connectivity index (χ4v) is 4.40. The number of hydrogen-bond donors (Lipinski definition) is 4. The molecule has 1 aromatic carbocycles. The molecule has 36 heavy (non-hydrogen) atoms. The number of likely N-dealkylation sites (tertiary alicyclic amines) is 1. The number of nitrogens with one attached hydrogen (secondary N) is 2. The number of Topliss-reactive ketones (excluding diaryl/α,β-unsaturated/α-hetero) is 1. The van der Waals surface area contributed by atoms with Crippen LogP contribution in [0.25, 0.3) is 0 Å². The van der Waals surface area contributed by atoms with Crippen LogP contribution < -0.4 is 22.1 Å². The van der Waals surface area contributed by atoms with Gasteiger partial charge in [0.05, 0.1) is 12.1 Å². The Morgan fingerprint density at radius 2 is 1.94 bits per heavy atom. The van der Waals surface area contributed by atoms with E-state index in [1.807, 2.05) is 30.3 Å². The van der Waals surface area contributed by atoms with Gasteiger partial charge in [0, 0.05) is 19.5 Å². The highest BCUT2D eigenvalue weighted by Crippen LogP contribution is 2.25. The van der Waals surface area contributed by atoms with Gasteiger partial charge in [-0.15, -0.1) is 0 Å². The van der Waals surface area contributed by atoms with Gasteiger partial charge < -0.3 is 27.0 Å². The second-order valence-corrected chi connectivity index (χ2v) is 9.05. The lowest BCUT2D eigenvalue weighted by Crippen LogP contribution is -2.56. The molecule has 1 heterocycles. The number of nitrogens with zero attached hydrogens (tertiary/aromatic N) is 2. The van der Waals surface area contributed by atoms with E-state index < -0.39 is 42.2 Å². The number of rotatable bonds is 14. The number of alkyl halides is 2. The molecule has 0 spiro atoms.